The highest BCUT2D eigenvalue weighted by Gasteiger charge is 2.39. The van der Waals surface area contributed by atoms with Gasteiger partial charge in [0.2, 0.25) is 0 Å². The summed E-state index contributed by atoms with van der Waals surface area (Å²) < 4.78 is 80.6. The lowest BCUT2D eigenvalue weighted by atomic mass is 9.99. The first-order valence-electron chi connectivity index (χ1n) is 13.4. The third kappa shape index (κ3) is 9.23. The average molecular weight is 599 g/mol. The van der Waals surface area contributed by atoms with Gasteiger partial charge in [0.25, 0.3) is 5.91 Å². The summed E-state index contributed by atoms with van der Waals surface area (Å²) in [6.07, 6.45) is -5.55. The van der Waals surface area contributed by atoms with Crippen LogP contribution in [0.4, 0.5) is 26.3 Å². The van der Waals surface area contributed by atoms with Crippen LogP contribution in [0.1, 0.15) is 51.9 Å². The molecule has 0 aliphatic carbocycles. The minimum atomic E-state index is -5.01. The van der Waals surface area contributed by atoms with Gasteiger partial charge in [-0.05, 0) is 61.6 Å². The number of piperazine rings is 1. The summed E-state index contributed by atoms with van der Waals surface area (Å²) >= 11 is 0. The van der Waals surface area contributed by atoms with E-state index in [0.717, 1.165) is 37.8 Å². The molecular weight excluding hydrogens is 566 g/mol. The molecule has 1 aliphatic heterocycles. The largest absolute Gasteiger partial charge is 0.416 e. The zero-order valence-corrected chi connectivity index (χ0v) is 23.2. The van der Waals surface area contributed by atoms with Crippen LogP contribution in [0.25, 0.3) is 0 Å². The SMILES string of the molecule is Cl.O=C(c1cc(C(F)(F)F)cc(C(F)(F)F)c1)N1CCN(CCCCCc2ccccc2)C[C@H]1Cc1ccccc1. The number of nitrogens with zero attached hydrogens (tertiary/aromatic N) is 2. The van der Waals surface area contributed by atoms with Crippen molar-refractivity contribution in [2.45, 2.75) is 50.5 Å². The highest BCUT2D eigenvalue weighted by Crippen LogP contribution is 2.37. The van der Waals surface area contributed by atoms with Gasteiger partial charge in [-0.15, -0.1) is 12.4 Å². The lowest BCUT2D eigenvalue weighted by Gasteiger charge is -2.42. The van der Waals surface area contributed by atoms with E-state index in [2.05, 4.69) is 17.0 Å². The number of unbranched alkanes of at least 4 members (excludes halogenated alkanes) is 2. The predicted molar refractivity (Wildman–Crippen MR) is 149 cm³/mol. The first kappa shape index (κ1) is 32.5. The molecule has 1 amide bonds. The van der Waals surface area contributed by atoms with Crippen molar-refractivity contribution in [3.63, 3.8) is 0 Å². The summed E-state index contributed by atoms with van der Waals surface area (Å²) in [5, 5.41) is 0. The molecular formula is C31H33ClF6N2O. The molecule has 3 aromatic carbocycles. The monoisotopic (exact) mass is 598 g/mol. The van der Waals surface area contributed by atoms with E-state index in [-0.39, 0.29) is 25.0 Å². The zero-order valence-electron chi connectivity index (χ0n) is 22.4. The summed E-state index contributed by atoms with van der Waals surface area (Å²) in [6, 6.07) is 20.3. The van der Waals surface area contributed by atoms with E-state index >= 15 is 0 Å². The number of amides is 1. The Kier molecular flexibility index (Phi) is 11.3. The molecule has 4 rings (SSSR count). The fourth-order valence-corrected chi connectivity index (χ4v) is 5.18. The first-order valence-corrected chi connectivity index (χ1v) is 13.4. The molecule has 0 bridgehead atoms. The van der Waals surface area contributed by atoms with Crippen molar-refractivity contribution in [3.05, 3.63) is 107 Å². The number of hydrogen-bond donors (Lipinski definition) is 0. The molecule has 0 radical (unpaired) electrons. The molecule has 1 fully saturated rings. The van der Waals surface area contributed by atoms with Crippen LogP contribution in [0, 0.1) is 0 Å². The summed E-state index contributed by atoms with van der Waals surface area (Å²) in [7, 11) is 0. The Hall–Kier alpha value is -3.04. The van der Waals surface area contributed by atoms with Crippen molar-refractivity contribution in [2.24, 2.45) is 0 Å². The zero-order chi connectivity index (χ0) is 28.8. The van der Waals surface area contributed by atoms with E-state index in [9.17, 15) is 31.1 Å². The van der Waals surface area contributed by atoms with E-state index in [1.807, 2.05) is 48.5 Å². The fraction of sp³-hybridized carbons (Fsp3) is 0.387. The van der Waals surface area contributed by atoms with Crippen LogP contribution < -0.4 is 0 Å². The maximum atomic E-state index is 13.5. The molecule has 0 aromatic heterocycles. The number of carbonyl (C=O) groups is 1. The third-order valence-corrected chi connectivity index (χ3v) is 7.26. The Morgan fingerprint density at radius 1 is 0.732 bits per heavy atom. The Morgan fingerprint density at radius 2 is 1.29 bits per heavy atom. The van der Waals surface area contributed by atoms with Crippen LogP contribution in [-0.4, -0.2) is 47.9 Å². The molecule has 3 nitrogen and oxygen atoms in total. The number of rotatable bonds is 9. The van der Waals surface area contributed by atoms with Gasteiger partial charge in [0.05, 0.1) is 11.1 Å². The van der Waals surface area contributed by atoms with E-state index in [0.29, 0.717) is 31.6 Å². The normalized spacial score (nSPS) is 16.3. The van der Waals surface area contributed by atoms with Gasteiger partial charge in [0.1, 0.15) is 0 Å². The van der Waals surface area contributed by atoms with Gasteiger partial charge in [-0.2, -0.15) is 26.3 Å². The standard InChI is InChI=1S/C31H32F6N2O.ClH/c32-30(33,34)26-19-25(20-27(21-26)31(35,36)37)29(40)39-17-16-38(22-28(39)18-24-13-6-2-7-14-24)15-9-3-8-12-23-10-4-1-5-11-23;/h1-2,4-7,10-11,13-14,19-21,28H,3,8-9,12,15-18,22H2;1H/t28-;/m1./s1. The Balaban J connectivity index is 0.00000462. The van der Waals surface area contributed by atoms with Crippen LogP contribution >= 0.6 is 12.4 Å². The lowest BCUT2D eigenvalue weighted by Crippen LogP contribution is -2.56. The number of halogens is 7. The van der Waals surface area contributed by atoms with Gasteiger partial charge < -0.3 is 4.90 Å². The molecule has 0 spiro atoms. The van der Waals surface area contributed by atoms with Gasteiger partial charge in [-0.3, -0.25) is 9.69 Å². The fourth-order valence-electron chi connectivity index (χ4n) is 5.18. The van der Waals surface area contributed by atoms with Crippen molar-refractivity contribution in [3.8, 4) is 0 Å². The van der Waals surface area contributed by atoms with E-state index in [1.54, 1.807) is 0 Å². The minimum absolute atomic E-state index is 0. The van der Waals surface area contributed by atoms with Crippen LogP contribution in [0.5, 0.6) is 0 Å². The van der Waals surface area contributed by atoms with Gasteiger partial charge in [-0.25, -0.2) is 0 Å². The summed E-state index contributed by atoms with van der Waals surface area (Å²) in [6.45, 7) is 2.02. The average Bonchev–Trinajstić information content (AvgIpc) is 2.92. The van der Waals surface area contributed by atoms with Crippen LogP contribution in [0.15, 0.2) is 78.9 Å². The highest BCUT2D eigenvalue weighted by atomic mass is 35.5. The van der Waals surface area contributed by atoms with E-state index in [1.165, 1.54) is 10.5 Å². The quantitative estimate of drug-likeness (QED) is 0.184. The van der Waals surface area contributed by atoms with Crippen LogP contribution in [0.3, 0.4) is 0 Å². The van der Waals surface area contributed by atoms with Gasteiger partial charge in [-0.1, -0.05) is 67.1 Å². The number of benzene rings is 3. The number of aryl methyl sites for hydroxylation is 1. The Morgan fingerprint density at radius 3 is 1.85 bits per heavy atom. The predicted octanol–water partition coefficient (Wildman–Crippen LogP) is 7.93. The summed E-state index contributed by atoms with van der Waals surface area (Å²) in [5.74, 6) is -0.819. The summed E-state index contributed by atoms with van der Waals surface area (Å²) in [5.41, 5.74) is -1.34. The van der Waals surface area contributed by atoms with Crippen molar-refractivity contribution in [1.82, 2.24) is 9.80 Å². The molecule has 1 heterocycles. The molecule has 1 saturated heterocycles. The van der Waals surface area contributed by atoms with Crippen molar-refractivity contribution in [2.75, 3.05) is 26.2 Å². The van der Waals surface area contributed by atoms with Gasteiger partial charge >= 0.3 is 12.4 Å². The second-order valence-electron chi connectivity index (χ2n) is 10.2. The van der Waals surface area contributed by atoms with Crippen molar-refractivity contribution < 1.29 is 31.1 Å². The lowest BCUT2D eigenvalue weighted by molar-refractivity contribution is -0.143. The second-order valence-corrected chi connectivity index (χ2v) is 10.2. The second kappa shape index (κ2) is 14.2. The summed E-state index contributed by atoms with van der Waals surface area (Å²) in [4.78, 5) is 17.1. The highest BCUT2D eigenvalue weighted by molar-refractivity contribution is 5.95. The molecule has 3 aromatic rings. The van der Waals surface area contributed by atoms with E-state index < -0.39 is 41.0 Å². The molecule has 0 N–H and O–H groups in total. The molecule has 1 aliphatic rings. The topological polar surface area (TPSA) is 23.6 Å². The number of carbonyl (C=O) groups excluding carboxylic acids is 1. The third-order valence-electron chi connectivity index (χ3n) is 7.26. The maximum absolute atomic E-state index is 13.5. The maximum Gasteiger partial charge on any atom is 0.416 e. The van der Waals surface area contributed by atoms with E-state index in [4.69, 9.17) is 0 Å². The van der Waals surface area contributed by atoms with Crippen LogP contribution in [-0.2, 0) is 25.2 Å². The van der Waals surface area contributed by atoms with Gasteiger partial charge in [0.15, 0.2) is 0 Å². The van der Waals surface area contributed by atoms with Gasteiger partial charge in [0, 0.05) is 31.2 Å². The Labute approximate surface area is 242 Å². The Bertz CT molecular complexity index is 1220. The smallest absolute Gasteiger partial charge is 0.333 e. The molecule has 0 saturated carbocycles. The van der Waals surface area contributed by atoms with Crippen molar-refractivity contribution in [1.29, 1.82) is 0 Å². The molecule has 0 unspecified atom stereocenters. The first-order chi connectivity index (χ1) is 19.0. The van der Waals surface area contributed by atoms with Crippen molar-refractivity contribution >= 4 is 18.3 Å². The minimum Gasteiger partial charge on any atom is -0.333 e. The molecule has 222 valence electrons. The molecule has 1 atom stereocenters. The molecule has 41 heavy (non-hydrogen) atoms. The number of alkyl halides is 6. The number of hydrogen-bond acceptors (Lipinski definition) is 2. The molecule has 10 heteroatoms. The van der Waals surface area contributed by atoms with Crippen LogP contribution in [0.2, 0.25) is 0 Å².